The highest BCUT2D eigenvalue weighted by molar-refractivity contribution is 5.73. The third-order valence-corrected chi connectivity index (χ3v) is 2.07. The fraction of sp³-hybridized carbons (Fsp3) is 0.571. The number of carbonyl (C=O) groups is 1. The lowest BCUT2D eigenvalue weighted by molar-refractivity contribution is -0.140. The maximum atomic E-state index is 10.5. The van der Waals surface area contributed by atoms with Crippen LogP contribution in [-0.2, 0) is 9.53 Å². The third-order valence-electron chi connectivity index (χ3n) is 2.07. The van der Waals surface area contributed by atoms with E-state index in [0.29, 0.717) is 19.1 Å². The van der Waals surface area contributed by atoms with Crippen molar-refractivity contribution in [1.82, 2.24) is 10.6 Å². The number of ether oxygens (including phenoxy) is 1. The first-order chi connectivity index (χ1) is 5.77. The summed E-state index contributed by atoms with van der Waals surface area (Å²) in [5.41, 5.74) is 0.890. The molecule has 2 unspecified atom stereocenters. The van der Waals surface area contributed by atoms with Crippen LogP contribution in [0, 0.1) is 5.92 Å². The molecule has 2 heterocycles. The van der Waals surface area contributed by atoms with Crippen molar-refractivity contribution in [3.8, 4) is 0 Å². The Morgan fingerprint density at radius 1 is 1.75 bits per heavy atom. The molecule has 1 saturated heterocycles. The van der Waals surface area contributed by atoms with Gasteiger partial charge in [0.05, 0.1) is 12.3 Å². The van der Waals surface area contributed by atoms with E-state index in [1.54, 1.807) is 6.26 Å². The second-order valence-electron chi connectivity index (χ2n) is 2.93. The Morgan fingerprint density at radius 2 is 2.58 bits per heavy atom. The number of hydrogen-bond donors (Lipinski definition) is 3. The first kappa shape index (κ1) is 7.42. The summed E-state index contributed by atoms with van der Waals surface area (Å²) in [6.45, 7) is 1.30. The van der Waals surface area contributed by atoms with Crippen LogP contribution in [-0.4, -0.2) is 30.4 Å². The zero-order valence-corrected chi connectivity index (χ0v) is 6.41. The van der Waals surface area contributed by atoms with E-state index >= 15 is 0 Å². The normalized spacial score (nSPS) is 32.8. The Labute approximate surface area is 69.4 Å². The van der Waals surface area contributed by atoms with Gasteiger partial charge in [-0.1, -0.05) is 0 Å². The first-order valence-corrected chi connectivity index (χ1v) is 3.82. The highest BCUT2D eigenvalue weighted by Crippen LogP contribution is 2.18. The predicted molar refractivity (Wildman–Crippen MR) is 40.1 cm³/mol. The molecule has 0 bridgehead atoms. The van der Waals surface area contributed by atoms with Gasteiger partial charge in [0.15, 0.2) is 6.17 Å². The molecule has 0 spiro atoms. The fourth-order valence-corrected chi connectivity index (χ4v) is 1.39. The zero-order chi connectivity index (χ0) is 8.55. The molecule has 0 amide bonds. The van der Waals surface area contributed by atoms with E-state index < -0.39 is 12.1 Å². The number of carboxylic acids is 1. The molecule has 0 aromatic heterocycles. The van der Waals surface area contributed by atoms with Crippen molar-refractivity contribution in [2.24, 2.45) is 5.92 Å². The average Bonchev–Trinajstić information content (AvgIpc) is 2.49. The lowest BCUT2D eigenvalue weighted by Crippen LogP contribution is -2.55. The molecular formula is C7H10N2O3. The van der Waals surface area contributed by atoms with E-state index in [1.807, 2.05) is 0 Å². The van der Waals surface area contributed by atoms with Crippen molar-refractivity contribution in [1.29, 1.82) is 0 Å². The van der Waals surface area contributed by atoms with Gasteiger partial charge in [0.2, 0.25) is 0 Å². The van der Waals surface area contributed by atoms with E-state index in [2.05, 4.69) is 10.6 Å². The Hall–Kier alpha value is -1.23. The second kappa shape index (κ2) is 2.67. The van der Waals surface area contributed by atoms with Crippen LogP contribution in [0.1, 0.15) is 0 Å². The van der Waals surface area contributed by atoms with Crippen LogP contribution in [0.5, 0.6) is 0 Å². The Balaban J connectivity index is 2.05. The van der Waals surface area contributed by atoms with Gasteiger partial charge in [0.25, 0.3) is 0 Å². The molecular weight excluding hydrogens is 160 g/mol. The molecule has 5 heteroatoms. The summed E-state index contributed by atoms with van der Waals surface area (Å²) < 4.78 is 5.06. The van der Waals surface area contributed by atoms with Crippen LogP contribution in [0.2, 0.25) is 0 Å². The maximum absolute atomic E-state index is 10.5. The zero-order valence-electron chi connectivity index (χ0n) is 6.41. The van der Waals surface area contributed by atoms with Crippen LogP contribution >= 0.6 is 0 Å². The van der Waals surface area contributed by atoms with Crippen molar-refractivity contribution in [3.05, 3.63) is 12.0 Å². The summed E-state index contributed by atoms with van der Waals surface area (Å²) in [7, 11) is 0. The van der Waals surface area contributed by atoms with Crippen molar-refractivity contribution < 1.29 is 14.6 Å². The topological polar surface area (TPSA) is 70.6 Å². The van der Waals surface area contributed by atoms with Gasteiger partial charge < -0.3 is 15.2 Å². The van der Waals surface area contributed by atoms with Gasteiger partial charge in [0, 0.05) is 12.5 Å². The number of hydrogen-bond acceptors (Lipinski definition) is 4. The highest BCUT2D eigenvalue weighted by Gasteiger charge is 2.31. The van der Waals surface area contributed by atoms with Gasteiger partial charge in [-0.15, -0.1) is 0 Å². The van der Waals surface area contributed by atoms with Crippen molar-refractivity contribution in [2.45, 2.75) is 6.17 Å². The van der Waals surface area contributed by atoms with Gasteiger partial charge in [0.1, 0.15) is 6.26 Å². The summed E-state index contributed by atoms with van der Waals surface area (Å²) in [4.78, 5) is 10.5. The highest BCUT2D eigenvalue weighted by atomic mass is 16.5. The van der Waals surface area contributed by atoms with Crippen LogP contribution in [0.15, 0.2) is 12.0 Å². The van der Waals surface area contributed by atoms with Crippen molar-refractivity contribution >= 4 is 5.97 Å². The quantitative estimate of drug-likeness (QED) is 0.474. The minimum atomic E-state index is -0.888. The molecule has 0 aromatic carbocycles. The van der Waals surface area contributed by atoms with E-state index in [9.17, 15) is 4.79 Å². The van der Waals surface area contributed by atoms with Gasteiger partial charge in [-0.3, -0.25) is 5.32 Å². The van der Waals surface area contributed by atoms with E-state index in [0.717, 1.165) is 5.70 Å². The van der Waals surface area contributed by atoms with Gasteiger partial charge in [-0.05, 0) is 0 Å². The molecule has 3 N–H and O–H groups in total. The molecule has 2 atom stereocenters. The Bertz CT molecular complexity index is 239. The number of carboxylic acid groups (broad SMARTS) is 1. The van der Waals surface area contributed by atoms with Crippen LogP contribution < -0.4 is 10.6 Å². The summed E-state index contributed by atoms with van der Waals surface area (Å²) >= 11 is 0. The number of fused-ring (bicyclic) bond motifs is 1. The summed E-state index contributed by atoms with van der Waals surface area (Å²) in [6, 6.07) is 0. The second-order valence-corrected chi connectivity index (χ2v) is 2.93. The van der Waals surface area contributed by atoms with Crippen LogP contribution in [0.3, 0.4) is 0 Å². The molecule has 2 aliphatic heterocycles. The average molecular weight is 170 g/mol. The number of rotatable bonds is 1. The molecule has 0 radical (unpaired) electrons. The SMILES string of the molecule is O=C(O)C1NCC2COC=C2N1. The molecule has 0 aliphatic carbocycles. The Kier molecular flexibility index (Phi) is 1.65. The van der Waals surface area contributed by atoms with Crippen LogP contribution in [0.25, 0.3) is 0 Å². The first-order valence-electron chi connectivity index (χ1n) is 3.82. The lowest BCUT2D eigenvalue weighted by Gasteiger charge is -2.27. The molecule has 2 rings (SSSR count). The van der Waals surface area contributed by atoms with Crippen molar-refractivity contribution in [2.75, 3.05) is 13.2 Å². The maximum Gasteiger partial charge on any atom is 0.341 e. The molecule has 0 saturated carbocycles. The number of nitrogens with one attached hydrogen (secondary N) is 2. The fourth-order valence-electron chi connectivity index (χ4n) is 1.39. The molecule has 0 aromatic rings. The van der Waals surface area contributed by atoms with E-state index in [1.165, 1.54) is 0 Å². The van der Waals surface area contributed by atoms with E-state index in [4.69, 9.17) is 9.84 Å². The predicted octanol–water partition coefficient (Wildman–Crippen LogP) is -0.922. The van der Waals surface area contributed by atoms with Gasteiger partial charge in [-0.2, -0.15) is 0 Å². The standard InChI is InChI=1S/C7H10N2O3/c10-7(11)6-8-1-4-2-12-3-5(4)9-6/h3-4,6,8-9H,1-2H2,(H,10,11). The molecule has 5 nitrogen and oxygen atoms in total. The summed E-state index contributed by atoms with van der Waals surface area (Å²) in [6.07, 6.45) is 0.927. The van der Waals surface area contributed by atoms with E-state index in [-0.39, 0.29) is 0 Å². The molecule has 66 valence electrons. The Morgan fingerprint density at radius 3 is 3.33 bits per heavy atom. The minimum absolute atomic E-state index is 0.292. The number of aliphatic carboxylic acids is 1. The molecule has 12 heavy (non-hydrogen) atoms. The lowest BCUT2D eigenvalue weighted by atomic mass is 10.1. The molecule has 1 fully saturated rings. The summed E-state index contributed by atoms with van der Waals surface area (Å²) in [5, 5.41) is 14.4. The monoisotopic (exact) mass is 170 g/mol. The third kappa shape index (κ3) is 1.12. The summed E-state index contributed by atoms with van der Waals surface area (Å²) in [5.74, 6) is -0.596. The van der Waals surface area contributed by atoms with Crippen molar-refractivity contribution in [3.63, 3.8) is 0 Å². The largest absolute Gasteiger partial charge is 0.499 e. The van der Waals surface area contributed by atoms with Crippen LogP contribution in [0.4, 0.5) is 0 Å². The van der Waals surface area contributed by atoms with Gasteiger partial charge in [-0.25, -0.2) is 4.79 Å². The van der Waals surface area contributed by atoms with Gasteiger partial charge >= 0.3 is 5.97 Å². The smallest absolute Gasteiger partial charge is 0.341 e. The molecule has 2 aliphatic rings. The minimum Gasteiger partial charge on any atom is -0.499 e.